The Labute approximate surface area is 158 Å². The molecule has 2 aromatic rings. The summed E-state index contributed by atoms with van der Waals surface area (Å²) in [6.45, 7) is 4.98. The van der Waals surface area contributed by atoms with E-state index in [1.807, 2.05) is 16.7 Å². The second-order valence-corrected chi connectivity index (χ2v) is 7.51. The highest BCUT2D eigenvalue weighted by molar-refractivity contribution is 5.94. The Morgan fingerprint density at radius 1 is 1.22 bits per heavy atom. The molecule has 2 saturated heterocycles. The van der Waals surface area contributed by atoms with Crippen LogP contribution < -0.4 is 0 Å². The van der Waals surface area contributed by atoms with Crippen molar-refractivity contribution in [3.63, 3.8) is 0 Å². The van der Waals surface area contributed by atoms with Crippen LogP contribution in [0, 0.1) is 5.41 Å². The Kier molecular flexibility index (Phi) is 4.63. The molecule has 2 aliphatic rings. The highest BCUT2D eigenvalue weighted by Crippen LogP contribution is 2.39. The average molecular weight is 368 g/mol. The third-order valence-corrected chi connectivity index (χ3v) is 5.75. The Morgan fingerprint density at radius 3 is 2.81 bits per heavy atom. The van der Waals surface area contributed by atoms with Gasteiger partial charge in [0.05, 0.1) is 0 Å². The molecule has 4 rings (SSSR count). The molecule has 1 atom stereocenters. The van der Waals surface area contributed by atoms with Gasteiger partial charge in [-0.1, -0.05) is 0 Å². The maximum atomic E-state index is 13.1. The Bertz CT molecular complexity index is 836. The minimum absolute atomic E-state index is 0.0192. The van der Waals surface area contributed by atoms with E-state index in [0.29, 0.717) is 24.3 Å². The van der Waals surface area contributed by atoms with Crippen LogP contribution in [0.4, 0.5) is 0 Å². The molecule has 142 valence electrons. The van der Waals surface area contributed by atoms with Gasteiger partial charge in [0.15, 0.2) is 0 Å². The maximum Gasteiger partial charge on any atom is 0.254 e. The van der Waals surface area contributed by atoms with Gasteiger partial charge >= 0.3 is 0 Å². The summed E-state index contributed by atoms with van der Waals surface area (Å²) in [6.07, 6.45) is 8.26. The third-order valence-electron chi connectivity index (χ3n) is 5.75. The standard InChI is InChI=1S/C19H24N6O2/c1-2-23-11-19(7-4-17(23)26)6-3-9-24(12-19)18(27)15-5-8-20-16(10-15)25-13-21-22-14-25/h5,8,10,13-14H,2-4,6-7,9,11-12H2,1H3/t19-/m1/s1. The Morgan fingerprint density at radius 2 is 2.04 bits per heavy atom. The predicted octanol–water partition coefficient (Wildman–Crippen LogP) is 1.53. The summed E-state index contributed by atoms with van der Waals surface area (Å²) in [4.78, 5) is 33.4. The van der Waals surface area contributed by atoms with Crippen molar-refractivity contribution in [2.45, 2.75) is 32.6 Å². The first-order valence-electron chi connectivity index (χ1n) is 9.48. The fourth-order valence-corrected chi connectivity index (χ4v) is 4.30. The molecule has 0 unspecified atom stereocenters. The highest BCUT2D eigenvalue weighted by Gasteiger charge is 2.42. The maximum absolute atomic E-state index is 13.1. The predicted molar refractivity (Wildman–Crippen MR) is 98.2 cm³/mol. The van der Waals surface area contributed by atoms with E-state index in [9.17, 15) is 9.59 Å². The van der Waals surface area contributed by atoms with Crippen molar-refractivity contribution in [1.29, 1.82) is 0 Å². The monoisotopic (exact) mass is 368 g/mol. The molecule has 27 heavy (non-hydrogen) atoms. The van der Waals surface area contributed by atoms with Crippen LogP contribution in [-0.2, 0) is 4.79 Å². The smallest absolute Gasteiger partial charge is 0.254 e. The highest BCUT2D eigenvalue weighted by atomic mass is 16.2. The minimum Gasteiger partial charge on any atom is -0.342 e. The molecular formula is C19H24N6O2. The van der Waals surface area contributed by atoms with Crippen molar-refractivity contribution in [2.24, 2.45) is 5.41 Å². The van der Waals surface area contributed by atoms with E-state index < -0.39 is 0 Å². The molecule has 1 spiro atoms. The molecule has 8 heteroatoms. The zero-order chi connectivity index (χ0) is 18.9. The molecule has 0 aromatic carbocycles. The number of aromatic nitrogens is 4. The Balaban J connectivity index is 1.52. The van der Waals surface area contributed by atoms with Gasteiger partial charge in [-0.15, -0.1) is 10.2 Å². The number of hydrogen-bond acceptors (Lipinski definition) is 5. The Hall–Kier alpha value is -2.77. The van der Waals surface area contributed by atoms with Crippen LogP contribution in [0.25, 0.3) is 5.82 Å². The summed E-state index contributed by atoms with van der Waals surface area (Å²) >= 11 is 0. The first kappa shape index (κ1) is 17.6. The van der Waals surface area contributed by atoms with Crippen LogP contribution in [0.2, 0.25) is 0 Å². The van der Waals surface area contributed by atoms with Gasteiger partial charge in [-0.05, 0) is 38.3 Å². The lowest BCUT2D eigenvalue weighted by Gasteiger charge is -2.48. The minimum atomic E-state index is 0.0192. The van der Waals surface area contributed by atoms with Gasteiger partial charge in [-0.25, -0.2) is 4.98 Å². The molecular weight excluding hydrogens is 344 g/mol. The van der Waals surface area contributed by atoms with E-state index in [-0.39, 0.29) is 17.2 Å². The largest absolute Gasteiger partial charge is 0.342 e. The number of pyridine rings is 1. The number of carbonyl (C=O) groups is 2. The van der Waals surface area contributed by atoms with Gasteiger partial charge in [0.1, 0.15) is 18.5 Å². The molecule has 0 aliphatic carbocycles. The van der Waals surface area contributed by atoms with E-state index >= 15 is 0 Å². The van der Waals surface area contributed by atoms with E-state index in [0.717, 1.165) is 38.9 Å². The van der Waals surface area contributed by atoms with Crippen molar-refractivity contribution in [2.75, 3.05) is 26.2 Å². The van der Waals surface area contributed by atoms with Crippen LogP contribution in [0.3, 0.4) is 0 Å². The third kappa shape index (κ3) is 3.43. The van der Waals surface area contributed by atoms with Gasteiger partial charge in [0.2, 0.25) is 5.91 Å². The number of rotatable bonds is 3. The molecule has 2 amide bonds. The zero-order valence-corrected chi connectivity index (χ0v) is 15.5. The first-order chi connectivity index (χ1) is 13.1. The van der Waals surface area contributed by atoms with E-state index in [4.69, 9.17) is 0 Å². The van der Waals surface area contributed by atoms with Crippen LogP contribution >= 0.6 is 0 Å². The van der Waals surface area contributed by atoms with E-state index in [2.05, 4.69) is 15.2 Å². The lowest BCUT2D eigenvalue weighted by Crippen LogP contribution is -2.55. The topological polar surface area (TPSA) is 84.2 Å². The number of piperidine rings is 2. The fraction of sp³-hybridized carbons (Fsp3) is 0.526. The summed E-state index contributed by atoms with van der Waals surface area (Å²) < 4.78 is 1.68. The average Bonchev–Trinajstić information content (AvgIpc) is 3.25. The molecule has 2 aliphatic heterocycles. The van der Waals surface area contributed by atoms with Crippen LogP contribution in [0.1, 0.15) is 43.0 Å². The second kappa shape index (κ2) is 7.09. The van der Waals surface area contributed by atoms with Gasteiger partial charge < -0.3 is 9.80 Å². The first-order valence-corrected chi connectivity index (χ1v) is 9.48. The van der Waals surface area contributed by atoms with Crippen molar-refractivity contribution in [3.8, 4) is 5.82 Å². The summed E-state index contributed by atoms with van der Waals surface area (Å²) in [5.74, 6) is 0.878. The molecule has 0 radical (unpaired) electrons. The number of nitrogens with zero attached hydrogens (tertiary/aromatic N) is 6. The summed E-state index contributed by atoms with van der Waals surface area (Å²) in [7, 11) is 0. The van der Waals surface area contributed by atoms with Crippen molar-refractivity contribution < 1.29 is 9.59 Å². The van der Waals surface area contributed by atoms with Gasteiger partial charge in [0, 0.05) is 49.8 Å². The lowest BCUT2D eigenvalue weighted by molar-refractivity contribution is -0.138. The van der Waals surface area contributed by atoms with Crippen molar-refractivity contribution in [1.82, 2.24) is 29.5 Å². The van der Waals surface area contributed by atoms with Gasteiger partial charge in [0.25, 0.3) is 5.91 Å². The molecule has 4 heterocycles. The normalized spacial score (nSPS) is 23.1. The number of amides is 2. The summed E-state index contributed by atoms with van der Waals surface area (Å²) in [5.41, 5.74) is 0.645. The van der Waals surface area contributed by atoms with Gasteiger partial charge in [-0.2, -0.15) is 0 Å². The van der Waals surface area contributed by atoms with Crippen molar-refractivity contribution >= 4 is 11.8 Å². The zero-order valence-electron chi connectivity index (χ0n) is 15.5. The number of carbonyl (C=O) groups excluding carboxylic acids is 2. The van der Waals surface area contributed by atoms with Gasteiger partial charge in [-0.3, -0.25) is 14.2 Å². The molecule has 2 aromatic heterocycles. The number of likely N-dealkylation sites (tertiary alicyclic amines) is 2. The summed E-state index contributed by atoms with van der Waals surface area (Å²) in [6, 6.07) is 3.52. The van der Waals surface area contributed by atoms with Crippen LogP contribution in [0.15, 0.2) is 31.0 Å². The molecule has 0 bridgehead atoms. The lowest BCUT2D eigenvalue weighted by atomic mass is 9.73. The molecule has 0 saturated carbocycles. The molecule has 0 N–H and O–H groups in total. The van der Waals surface area contributed by atoms with E-state index in [1.165, 1.54) is 0 Å². The van der Waals surface area contributed by atoms with Crippen LogP contribution in [-0.4, -0.2) is 67.5 Å². The van der Waals surface area contributed by atoms with Crippen LogP contribution in [0.5, 0.6) is 0 Å². The molecule has 2 fully saturated rings. The molecule has 8 nitrogen and oxygen atoms in total. The van der Waals surface area contributed by atoms with E-state index in [1.54, 1.807) is 35.6 Å². The van der Waals surface area contributed by atoms with Crippen molar-refractivity contribution in [3.05, 3.63) is 36.5 Å². The fourth-order valence-electron chi connectivity index (χ4n) is 4.30. The quantitative estimate of drug-likeness (QED) is 0.820. The second-order valence-electron chi connectivity index (χ2n) is 7.51. The number of hydrogen-bond donors (Lipinski definition) is 0. The SMILES string of the molecule is CCN1C[C@@]2(CCCN(C(=O)c3ccnc(-n4cnnc4)c3)C2)CCC1=O. The summed E-state index contributed by atoms with van der Waals surface area (Å²) in [5, 5.41) is 7.57.